The van der Waals surface area contributed by atoms with E-state index in [4.69, 9.17) is 4.74 Å². The predicted molar refractivity (Wildman–Crippen MR) is 98.7 cm³/mol. The van der Waals surface area contributed by atoms with Crippen LogP contribution in [-0.2, 0) is 6.54 Å². The van der Waals surface area contributed by atoms with Gasteiger partial charge in [-0.3, -0.25) is 9.30 Å². The molecule has 0 aliphatic carbocycles. The van der Waals surface area contributed by atoms with Gasteiger partial charge in [-0.1, -0.05) is 25.2 Å². The van der Waals surface area contributed by atoms with Gasteiger partial charge >= 0.3 is 0 Å². The van der Waals surface area contributed by atoms with Gasteiger partial charge in [-0.15, -0.1) is 10.2 Å². The Morgan fingerprint density at radius 3 is 2.42 bits per heavy atom. The van der Waals surface area contributed by atoms with Gasteiger partial charge in [-0.05, 0) is 50.2 Å². The van der Waals surface area contributed by atoms with Crippen molar-refractivity contribution in [2.75, 3.05) is 20.2 Å². The van der Waals surface area contributed by atoms with Gasteiger partial charge in [-0.2, -0.15) is 0 Å². The third-order valence-corrected chi connectivity index (χ3v) is 4.92. The van der Waals surface area contributed by atoms with Crippen molar-refractivity contribution < 1.29 is 4.74 Å². The van der Waals surface area contributed by atoms with Crippen molar-refractivity contribution in [3.63, 3.8) is 0 Å². The predicted octanol–water partition coefficient (Wildman–Crippen LogP) is 4.09. The van der Waals surface area contributed by atoms with Gasteiger partial charge in [0.25, 0.3) is 0 Å². The van der Waals surface area contributed by atoms with Crippen LogP contribution >= 0.6 is 11.3 Å². The Bertz CT molecular complexity index is 772. The Morgan fingerprint density at radius 2 is 1.79 bits per heavy atom. The fraction of sp³-hybridized carbons (Fsp3) is 0.444. The van der Waals surface area contributed by atoms with Crippen molar-refractivity contribution in [3.05, 3.63) is 35.3 Å². The Labute approximate surface area is 146 Å². The lowest BCUT2D eigenvalue weighted by molar-refractivity contribution is 0.268. The van der Waals surface area contributed by atoms with Gasteiger partial charge in [0.05, 0.1) is 7.11 Å². The summed E-state index contributed by atoms with van der Waals surface area (Å²) in [5.74, 6) is 1.73. The number of methoxy groups -OCH3 is 1. The summed E-state index contributed by atoms with van der Waals surface area (Å²) < 4.78 is 7.32. The number of fused-ring (bicyclic) bond motifs is 1. The zero-order valence-electron chi connectivity index (χ0n) is 14.5. The average Bonchev–Trinajstić information content (AvgIpc) is 3.15. The molecule has 3 rings (SSSR count). The highest BCUT2D eigenvalue weighted by Gasteiger charge is 2.13. The van der Waals surface area contributed by atoms with Crippen molar-refractivity contribution in [2.24, 2.45) is 0 Å². The largest absolute Gasteiger partial charge is 0.497 e. The van der Waals surface area contributed by atoms with E-state index in [0.29, 0.717) is 0 Å². The highest BCUT2D eigenvalue weighted by molar-refractivity contribution is 7.17. The minimum absolute atomic E-state index is 0.847. The van der Waals surface area contributed by atoms with Crippen LogP contribution in [0.1, 0.15) is 31.6 Å². The van der Waals surface area contributed by atoms with Gasteiger partial charge in [0, 0.05) is 23.2 Å². The molecule has 5 nitrogen and oxygen atoms in total. The second-order valence-electron chi connectivity index (χ2n) is 5.88. The van der Waals surface area contributed by atoms with Crippen molar-refractivity contribution in [1.29, 1.82) is 0 Å². The van der Waals surface area contributed by atoms with Crippen molar-refractivity contribution in [1.82, 2.24) is 19.5 Å². The molecule has 0 fully saturated rings. The molecule has 0 saturated carbocycles. The summed E-state index contributed by atoms with van der Waals surface area (Å²) in [6.45, 7) is 7.72. The summed E-state index contributed by atoms with van der Waals surface area (Å²) in [6, 6.07) is 7.95. The lowest BCUT2D eigenvalue weighted by Crippen LogP contribution is -2.24. The fourth-order valence-corrected chi connectivity index (χ4v) is 3.84. The number of aromatic nitrogens is 3. The first kappa shape index (κ1) is 16.9. The Morgan fingerprint density at radius 1 is 1.08 bits per heavy atom. The number of benzene rings is 1. The van der Waals surface area contributed by atoms with E-state index in [0.717, 1.165) is 41.7 Å². The lowest BCUT2D eigenvalue weighted by Gasteiger charge is -2.19. The van der Waals surface area contributed by atoms with E-state index in [9.17, 15) is 0 Å². The van der Waals surface area contributed by atoms with Crippen LogP contribution in [0.15, 0.2) is 30.5 Å². The van der Waals surface area contributed by atoms with Crippen LogP contribution in [-0.4, -0.2) is 39.7 Å². The molecule has 0 aliphatic rings. The normalized spacial score (nSPS) is 11.5. The lowest BCUT2D eigenvalue weighted by atomic mass is 10.2. The van der Waals surface area contributed by atoms with Gasteiger partial charge in [-0.25, -0.2) is 0 Å². The molecule has 0 atom stereocenters. The number of rotatable bonds is 8. The van der Waals surface area contributed by atoms with E-state index in [2.05, 4.69) is 39.5 Å². The molecule has 2 heterocycles. The maximum absolute atomic E-state index is 5.22. The molecule has 2 aromatic heterocycles. The zero-order valence-corrected chi connectivity index (χ0v) is 15.3. The van der Waals surface area contributed by atoms with Gasteiger partial charge in [0.2, 0.25) is 4.96 Å². The molecule has 128 valence electrons. The molecular weight excluding hydrogens is 320 g/mol. The first-order chi connectivity index (χ1) is 11.7. The summed E-state index contributed by atoms with van der Waals surface area (Å²) >= 11 is 1.72. The average molecular weight is 344 g/mol. The SMILES string of the molecule is CCCN(CCC)Cc1cn2c(-c3ccc(OC)cc3)nnc2s1. The van der Waals surface area contributed by atoms with Crippen LogP contribution < -0.4 is 4.74 Å². The molecule has 0 bridgehead atoms. The Hall–Kier alpha value is -1.92. The topological polar surface area (TPSA) is 42.7 Å². The van der Waals surface area contributed by atoms with Crippen LogP contribution in [0.5, 0.6) is 5.75 Å². The molecule has 0 saturated heterocycles. The molecule has 24 heavy (non-hydrogen) atoms. The molecular formula is C18H24N4OS. The second kappa shape index (κ2) is 7.77. The zero-order chi connectivity index (χ0) is 16.9. The fourth-order valence-electron chi connectivity index (χ4n) is 2.88. The van der Waals surface area contributed by atoms with E-state index in [1.807, 2.05) is 24.3 Å². The monoisotopic (exact) mass is 344 g/mol. The van der Waals surface area contributed by atoms with Crippen LogP contribution in [0.3, 0.4) is 0 Å². The van der Waals surface area contributed by atoms with E-state index >= 15 is 0 Å². The first-order valence-electron chi connectivity index (χ1n) is 8.45. The van der Waals surface area contributed by atoms with Crippen molar-refractivity contribution in [2.45, 2.75) is 33.2 Å². The number of thiazole rings is 1. The number of hydrogen-bond donors (Lipinski definition) is 0. The van der Waals surface area contributed by atoms with Crippen molar-refractivity contribution >= 4 is 16.3 Å². The standard InChI is InChI=1S/C18H24N4OS/c1-4-10-21(11-5-2)12-16-13-22-17(19-20-18(22)24-16)14-6-8-15(23-3)9-7-14/h6-9,13H,4-5,10-12H2,1-3H3. The molecule has 0 spiro atoms. The smallest absolute Gasteiger partial charge is 0.216 e. The highest BCUT2D eigenvalue weighted by Crippen LogP contribution is 2.26. The Kier molecular flexibility index (Phi) is 5.48. The van der Waals surface area contributed by atoms with Crippen LogP contribution in [0.4, 0.5) is 0 Å². The Balaban J connectivity index is 1.85. The maximum atomic E-state index is 5.22. The molecule has 6 heteroatoms. The van der Waals surface area contributed by atoms with Gasteiger partial charge in [0.15, 0.2) is 5.82 Å². The molecule has 0 radical (unpaired) electrons. The summed E-state index contributed by atoms with van der Waals surface area (Å²) in [5.41, 5.74) is 1.05. The third-order valence-electron chi connectivity index (χ3n) is 3.97. The molecule has 0 unspecified atom stereocenters. The van der Waals surface area contributed by atoms with Gasteiger partial charge in [0.1, 0.15) is 5.75 Å². The van der Waals surface area contributed by atoms with E-state index in [1.165, 1.54) is 17.7 Å². The third kappa shape index (κ3) is 3.60. The highest BCUT2D eigenvalue weighted by atomic mass is 32.1. The molecule has 3 aromatic rings. The summed E-state index contributed by atoms with van der Waals surface area (Å²) in [7, 11) is 1.67. The molecule has 1 aromatic carbocycles. The summed E-state index contributed by atoms with van der Waals surface area (Å²) in [4.78, 5) is 4.78. The minimum Gasteiger partial charge on any atom is -0.497 e. The van der Waals surface area contributed by atoms with Crippen molar-refractivity contribution in [3.8, 4) is 17.1 Å². The van der Waals surface area contributed by atoms with Crippen LogP contribution in [0, 0.1) is 0 Å². The second-order valence-corrected chi connectivity index (χ2v) is 6.97. The quantitative estimate of drug-likeness (QED) is 0.617. The molecule has 0 N–H and O–H groups in total. The van der Waals surface area contributed by atoms with Gasteiger partial charge < -0.3 is 4.74 Å². The number of ether oxygens (including phenoxy) is 1. The molecule has 0 amide bonds. The van der Waals surface area contributed by atoms with E-state index in [-0.39, 0.29) is 0 Å². The minimum atomic E-state index is 0.847. The summed E-state index contributed by atoms with van der Waals surface area (Å²) in [5, 5.41) is 8.68. The summed E-state index contributed by atoms with van der Waals surface area (Å²) in [6.07, 6.45) is 4.54. The number of hydrogen-bond acceptors (Lipinski definition) is 5. The maximum Gasteiger partial charge on any atom is 0.216 e. The van der Waals surface area contributed by atoms with Crippen LogP contribution in [0.2, 0.25) is 0 Å². The first-order valence-corrected chi connectivity index (χ1v) is 9.27. The number of nitrogens with zero attached hydrogens (tertiary/aromatic N) is 4. The molecule has 0 aliphatic heterocycles. The van der Waals surface area contributed by atoms with Crippen LogP contribution in [0.25, 0.3) is 16.3 Å². The van der Waals surface area contributed by atoms with E-state index in [1.54, 1.807) is 18.4 Å². The van der Waals surface area contributed by atoms with E-state index < -0.39 is 0 Å².